The monoisotopic (exact) mass is 127 g/mol. The number of hydrogen-bond acceptors (Lipinski definition) is 3. The van der Waals surface area contributed by atoms with Gasteiger partial charge >= 0.3 is 5.97 Å². The van der Waals surface area contributed by atoms with E-state index in [1.54, 1.807) is 6.92 Å². The molecular weight excluding hydrogens is 118 g/mol. The minimum absolute atomic E-state index is 0.141. The highest BCUT2D eigenvalue weighted by Crippen LogP contribution is 2.00. The minimum Gasteiger partial charge on any atom is -0.459 e. The first-order valence-electron chi connectivity index (χ1n) is 2.91. The lowest BCUT2D eigenvalue weighted by atomic mass is 10.3. The van der Waals surface area contributed by atoms with Crippen LogP contribution in [-0.2, 0) is 9.53 Å². The number of ether oxygens (including phenoxy) is 1. The van der Waals surface area contributed by atoms with Crippen molar-refractivity contribution in [3.05, 3.63) is 0 Å². The lowest BCUT2D eigenvalue weighted by Crippen LogP contribution is -2.27. The molecule has 1 aliphatic rings. The molecule has 0 saturated heterocycles. The van der Waals surface area contributed by atoms with E-state index in [0.29, 0.717) is 12.3 Å². The van der Waals surface area contributed by atoms with Gasteiger partial charge in [-0.15, -0.1) is 0 Å². The Morgan fingerprint density at radius 1 is 1.78 bits per heavy atom. The van der Waals surface area contributed by atoms with E-state index in [4.69, 9.17) is 4.74 Å². The number of carbonyl (C=O) groups excluding carboxylic acids is 1. The van der Waals surface area contributed by atoms with Crippen LogP contribution in [0.1, 0.15) is 13.8 Å². The fourth-order valence-corrected chi connectivity index (χ4v) is 0.721. The summed E-state index contributed by atoms with van der Waals surface area (Å²) >= 11 is 0. The van der Waals surface area contributed by atoms with Gasteiger partial charge in [-0.3, -0.25) is 4.99 Å². The fourth-order valence-electron chi connectivity index (χ4n) is 0.721. The molecule has 1 aliphatic heterocycles. The zero-order valence-electron chi connectivity index (χ0n) is 5.55. The van der Waals surface area contributed by atoms with E-state index >= 15 is 0 Å². The number of hydrogen-bond donors (Lipinski definition) is 0. The summed E-state index contributed by atoms with van der Waals surface area (Å²) in [6.45, 7) is 4.00. The highest BCUT2D eigenvalue weighted by atomic mass is 16.5. The quantitative estimate of drug-likeness (QED) is 0.441. The van der Waals surface area contributed by atoms with E-state index in [1.165, 1.54) is 0 Å². The van der Waals surface area contributed by atoms with Gasteiger partial charge in [0.1, 0.15) is 12.3 Å². The normalized spacial score (nSPS) is 27.1. The molecule has 0 N–H and O–H groups in total. The number of esters is 1. The van der Waals surface area contributed by atoms with Crippen LogP contribution < -0.4 is 0 Å². The standard InChI is InChI=1S/C6H9NO2/c1-4-3-9-6(8)5(2)7-4/h4H,3H2,1-2H3/t4-/m1/s1. The van der Waals surface area contributed by atoms with Gasteiger partial charge in [0.15, 0.2) is 0 Å². The maximum atomic E-state index is 10.6. The van der Waals surface area contributed by atoms with Gasteiger partial charge in [-0.2, -0.15) is 0 Å². The maximum absolute atomic E-state index is 10.6. The molecule has 0 radical (unpaired) electrons. The van der Waals surface area contributed by atoms with Crippen LogP contribution in [0.2, 0.25) is 0 Å². The molecule has 9 heavy (non-hydrogen) atoms. The lowest BCUT2D eigenvalue weighted by Gasteiger charge is -2.13. The van der Waals surface area contributed by atoms with Gasteiger partial charge in [0, 0.05) is 0 Å². The van der Waals surface area contributed by atoms with Crippen molar-refractivity contribution in [2.24, 2.45) is 4.99 Å². The van der Waals surface area contributed by atoms with Crippen molar-refractivity contribution in [1.82, 2.24) is 0 Å². The molecule has 0 aliphatic carbocycles. The molecule has 1 atom stereocenters. The molecule has 1 heterocycles. The Balaban J connectivity index is 2.72. The summed E-state index contributed by atoms with van der Waals surface area (Å²) in [7, 11) is 0. The molecule has 0 aromatic carbocycles. The molecule has 1 rings (SSSR count). The van der Waals surface area contributed by atoms with E-state index in [2.05, 4.69) is 4.99 Å². The first-order valence-corrected chi connectivity index (χ1v) is 2.91. The molecule has 3 heteroatoms. The zero-order valence-corrected chi connectivity index (χ0v) is 5.55. The molecule has 0 fully saturated rings. The van der Waals surface area contributed by atoms with E-state index in [1.807, 2.05) is 6.92 Å². The predicted molar refractivity (Wildman–Crippen MR) is 33.5 cm³/mol. The van der Waals surface area contributed by atoms with E-state index < -0.39 is 0 Å². The van der Waals surface area contributed by atoms with Gasteiger partial charge in [0.05, 0.1) is 6.04 Å². The highest BCUT2D eigenvalue weighted by Gasteiger charge is 2.15. The number of rotatable bonds is 0. The summed E-state index contributed by atoms with van der Waals surface area (Å²) in [5.74, 6) is -0.284. The van der Waals surface area contributed by atoms with Gasteiger partial charge in [-0.05, 0) is 13.8 Å². The van der Waals surface area contributed by atoms with Gasteiger partial charge in [0.2, 0.25) is 0 Å². The van der Waals surface area contributed by atoms with Crippen LogP contribution in [0.25, 0.3) is 0 Å². The van der Waals surface area contributed by atoms with Crippen LogP contribution in [0.15, 0.2) is 4.99 Å². The van der Waals surface area contributed by atoms with Gasteiger partial charge < -0.3 is 4.74 Å². The Morgan fingerprint density at radius 3 is 2.89 bits per heavy atom. The Bertz CT molecular complexity index is 162. The van der Waals surface area contributed by atoms with Crippen molar-refractivity contribution in [1.29, 1.82) is 0 Å². The SMILES string of the molecule is CC1=N[C@H](C)COC1=O. The van der Waals surface area contributed by atoms with Crippen LogP contribution in [0, 0.1) is 0 Å². The van der Waals surface area contributed by atoms with Crippen molar-refractivity contribution in [2.75, 3.05) is 6.61 Å². The maximum Gasteiger partial charge on any atom is 0.351 e. The minimum atomic E-state index is -0.284. The first-order chi connectivity index (χ1) is 4.20. The molecule has 0 amide bonds. The molecule has 3 nitrogen and oxygen atoms in total. The number of nitrogens with zero attached hydrogens (tertiary/aromatic N) is 1. The Labute approximate surface area is 53.7 Å². The lowest BCUT2D eigenvalue weighted by molar-refractivity contribution is -0.136. The summed E-state index contributed by atoms with van der Waals surface area (Å²) < 4.78 is 4.73. The van der Waals surface area contributed by atoms with Crippen molar-refractivity contribution >= 4 is 11.7 Å². The first kappa shape index (κ1) is 6.26. The van der Waals surface area contributed by atoms with Crippen LogP contribution in [0.3, 0.4) is 0 Å². The summed E-state index contributed by atoms with van der Waals surface area (Å²) in [5, 5.41) is 0. The molecular formula is C6H9NO2. The average molecular weight is 127 g/mol. The third-order valence-corrected chi connectivity index (χ3v) is 1.17. The number of carbonyl (C=O) groups is 1. The van der Waals surface area contributed by atoms with Gasteiger partial charge in [-0.25, -0.2) is 4.79 Å². The second-order valence-electron chi connectivity index (χ2n) is 2.16. The molecule has 0 unspecified atom stereocenters. The Hall–Kier alpha value is -0.860. The Kier molecular flexibility index (Phi) is 1.51. The summed E-state index contributed by atoms with van der Waals surface area (Å²) in [4.78, 5) is 14.6. The molecule has 0 aromatic heterocycles. The number of cyclic esters (lactones) is 1. The van der Waals surface area contributed by atoms with Crippen molar-refractivity contribution in [3.8, 4) is 0 Å². The van der Waals surface area contributed by atoms with Gasteiger partial charge in [0.25, 0.3) is 0 Å². The predicted octanol–water partition coefficient (Wildman–Crippen LogP) is 0.393. The van der Waals surface area contributed by atoms with Crippen molar-refractivity contribution < 1.29 is 9.53 Å². The smallest absolute Gasteiger partial charge is 0.351 e. The average Bonchev–Trinajstić information content (AvgIpc) is 1.80. The van der Waals surface area contributed by atoms with Crippen LogP contribution in [0.5, 0.6) is 0 Å². The second kappa shape index (κ2) is 2.17. The number of aliphatic imine (C=N–C) groups is 1. The van der Waals surface area contributed by atoms with Crippen LogP contribution in [-0.4, -0.2) is 24.3 Å². The zero-order chi connectivity index (χ0) is 6.85. The van der Waals surface area contributed by atoms with Crippen LogP contribution >= 0.6 is 0 Å². The fraction of sp³-hybridized carbons (Fsp3) is 0.667. The largest absolute Gasteiger partial charge is 0.459 e. The summed E-state index contributed by atoms with van der Waals surface area (Å²) in [6.07, 6.45) is 0. The molecule has 50 valence electrons. The summed E-state index contributed by atoms with van der Waals surface area (Å²) in [6, 6.07) is 0.141. The van der Waals surface area contributed by atoms with Crippen LogP contribution in [0.4, 0.5) is 0 Å². The Morgan fingerprint density at radius 2 is 2.44 bits per heavy atom. The van der Waals surface area contributed by atoms with E-state index in [-0.39, 0.29) is 12.0 Å². The third-order valence-electron chi connectivity index (χ3n) is 1.17. The highest BCUT2D eigenvalue weighted by molar-refractivity contribution is 6.35. The third kappa shape index (κ3) is 1.28. The molecule has 0 bridgehead atoms. The molecule has 0 aromatic rings. The summed E-state index contributed by atoms with van der Waals surface area (Å²) in [5.41, 5.74) is 0.480. The molecule has 0 saturated carbocycles. The molecule has 0 spiro atoms. The van der Waals surface area contributed by atoms with Crippen molar-refractivity contribution in [2.45, 2.75) is 19.9 Å². The van der Waals surface area contributed by atoms with Gasteiger partial charge in [-0.1, -0.05) is 0 Å². The topological polar surface area (TPSA) is 38.7 Å². The van der Waals surface area contributed by atoms with E-state index in [9.17, 15) is 4.79 Å². The van der Waals surface area contributed by atoms with E-state index in [0.717, 1.165) is 0 Å². The second-order valence-corrected chi connectivity index (χ2v) is 2.16. The van der Waals surface area contributed by atoms with Crippen molar-refractivity contribution in [3.63, 3.8) is 0 Å².